The molecule has 0 bridgehead atoms. The molecule has 36 heavy (non-hydrogen) atoms. The van der Waals surface area contributed by atoms with Gasteiger partial charge in [-0.3, -0.25) is 0 Å². The van der Waals surface area contributed by atoms with Crippen molar-refractivity contribution >= 4 is 0 Å². The van der Waals surface area contributed by atoms with Crippen LogP contribution < -0.4 is 0 Å². The Morgan fingerprint density at radius 3 is 1.25 bits per heavy atom. The molecule has 0 heterocycles. The molecule has 5 aromatic rings. The minimum absolute atomic E-state index is 0.123. The van der Waals surface area contributed by atoms with E-state index in [4.69, 9.17) is 0 Å². The summed E-state index contributed by atoms with van der Waals surface area (Å²) in [6.45, 7) is 2.02. The number of hydrogen-bond acceptors (Lipinski definition) is 4. The van der Waals surface area contributed by atoms with Crippen molar-refractivity contribution in [1.29, 1.82) is 0 Å². The highest BCUT2D eigenvalue weighted by molar-refractivity contribution is 5.70. The van der Waals surface area contributed by atoms with E-state index in [1.54, 1.807) is 36.4 Å². The quantitative estimate of drug-likeness (QED) is 0.201. The van der Waals surface area contributed by atoms with Crippen molar-refractivity contribution in [3.63, 3.8) is 0 Å². The number of aryl methyl sites for hydroxylation is 1. The van der Waals surface area contributed by atoms with Crippen molar-refractivity contribution in [1.82, 2.24) is 0 Å². The van der Waals surface area contributed by atoms with Gasteiger partial charge < -0.3 is 20.4 Å². The minimum atomic E-state index is -0.445. The van der Waals surface area contributed by atoms with Gasteiger partial charge in [0.05, 0.1) is 0 Å². The summed E-state index contributed by atoms with van der Waals surface area (Å²) >= 11 is 0. The maximum Gasteiger partial charge on any atom is 0.119 e. The van der Waals surface area contributed by atoms with Gasteiger partial charge >= 0.3 is 0 Å². The van der Waals surface area contributed by atoms with Crippen LogP contribution in [0.25, 0.3) is 22.3 Å². The van der Waals surface area contributed by atoms with Gasteiger partial charge in [-0.1, -0.05) is 66.2 Å². The van der Waals surface area contributed by atoms with E-state index in [0.717, 1.165) is 33.4 Å². The lowest BCUT2D eigenvalue weighted by Crippen LogP contribution is -2.05. The molecule has 5 aromatic carbocycles. The highest BCUT2D eigenvalue weighted by Crippen LogP contribution is 2.43. The van der Waals surface area contributed by atoms with E-state index < -0.39 is 5.92 Å². The topological polar surface area (TPSA) is 80.9 Å². The minimum Gasteiger partial charge on any atom is -0.508 e. The molecule has 0 radical (unpaired) electrons. The summed E-state index contributed by atoms with van der Waals surface area (Å²) < 4.78 is 0. The summed E-state index contributed by atoms with van der Waals surface area (Å²) in [5, 5.41) is 41.5. The maximum absolute atomic E-state index is 11.0. The third kappa shape index (κ3) is 4.62. The van der Waals surface area contributed by atoms with Crippen LogP contribution in [0.1, 0.15) is 28.2 Å². The van der Waals surface area contributed by atoms with E-state index in [9.17, 15) is 20.4 Å². The van der Waals surface area contributed by atoms with E-state index in [1.165, 1.54) is 0 Å². The van der Waals surface area contributed by atoms with E-state index >= 15 is 0 Å². The van der Waals surface area contributed by atoms with E-state index in [1.807, 2.05) is 79.7 Å². The molecule has 0 aliphatic rings. The normalized spacial score (nSPS) is 11.1. The lowest BCUT2D eigenvalue weighted by molar-refractivity contribution is 0.458. The van der Waals surface area contributed by atoms with Crippen molar-refractivity contribution in [2.75, 3.05) is 0 Å². The monoisotopic (exact) mass is 474 g/mol. The Morgan fingerprint density at radius 2 is 0.833 bits per heavy atom. The van der Waals surface area contributed by atoms with Crippen LogP contribution in [0.3, 0.4) is 0 Å². The first-order valence-corrected chi connectivity index (χ1v) is 11.7. The van der Waals surface area contributed by atoms with Gasteiger partial charge in [-0.05, 0) is 83.3 Å². The Morgan fingerprint density at radius 1 is 0.444 bits per heavy atom. The lowest BCUT2D eigenvalue weighted by atomic mass is 9.82. The predicted octanol–water partition coefficient (Wildman–Crippen LogP) is 7.33. The fourth-order valence-electron chi connectivity index (χ4n) is 4.52. The number of aromatic hydroxyl groups is 4. The summed E-state index contributed by atoms with van der Waals surface area (Å²) in [5.74, 6) is 0.173. The summed E-state index contributed by atoms with van der Waals surface area (Å²) in [7, 11) is 0. The van der Waals surface area contributed by atoms with Crippen LogP contribution in [0.5, 0.6) is 23.0 Å². The Balaban J connectivity index is 1.70. The molecule has 4 nitrogen and oxygen atoms in total. The first-order valence-electron chi connectivity index (χ1n) is 11.7. The molecular formula is C32H26O4. The molecule has 0 atom stereocenters. The highest BCUT2D eigenvalue weighted by Gasteiger charge is 2.24. The number of hydrogen-bond donors (Lipinski definition) is 4. The molecular weight excluding hydrogens is 448 g/mol. The molecule has 178 valence electrons. The molecule has 4 heteroatoms. The maximum atomic E-state index is 11.0. The van der Waals surface area contributed by atoms with Gasteiger partial charge in [0.1, 0.15) is 23.0 Å². The first-order chi connectivity index (χ1) is 17.4. The van der Waals surface area contributed by atoms with Crippen molar-refractivity contribution in [3.8, 4) is 45.3 Å². The van der Waals surface area contributed by atoms with Crippen molar-refractivity contribution in [2.45, 2.75) is 12.8 Å². The van der Waals surface area contributed by atoms with Gasteiger partial charge in [0, 0.05) is 17.0 Å². The number of benzene rings is 5. The zero-order valence-electron chi connectivity index (χ0n) is 19.8. The Hall–Kier alpha value is -4.70. The second-order valence-electron chi connectivity index (χ2n) is 8.98. The third-order valence-corrected chi connectivity index (χ3v) is 6.49. The third-order valence-electron chi connectivity index (χ3n) is 6.49. The van der Waals surface area contributed by atoms with Gasteiger partial charge in [-0.2, -0.15) is 0 Å². The van der Waals surface area contributed by atoms with E-state index in [-0.39, 0.29) is 23.0 Å². The Kier molecular flexibility index (Phi) is 6.09. The lowest BCUT2D eigenvalue weighted by Gasteiger charge is -2.23. The SMILES string of the molecule is Cc1ccc(C(c2cc(-c3ccc(O)cc3)ccc2O)c2cc(-c3ccc(O)cc3)ccc2O)cc1. The van der Waals surface area contributed by atoms with Crippen LogP contribution in [0, 0.1) is 6.92 Å². The van der Waals surface area contributed by atoms with Crippen LogP contribution >= 0.6 is 0 Å². The smallest absolute Gasteiger partial charge is 0.119 e. The van der Waals surface area contributed by atoms with Crippen LogP contribution in [0.2, 0.25) is 0 Å². The summed E-state index contributed by atoms with van der Waals surface area (Å²) in [4.78, 5) is 0. The Labute approximate surface area is 210 Å². The fraction of sp³-hybridized carbons (Fsp3) is 0.0625. The molecule has 0 saturated carbocycles. The van der Waals surface area contributed by atoms with Crippen molar-refractivity contribution in [3.05, 3.63) is 131 Å². The average Bonchev–Trinajstić information content (AvgIpc) is 2.88. The summed E-state index contributed by atoms with van der Waals surface area (Å²) in [5.41, 5.74) is 6.92. The van der Waals surface area contributed by atoms with E-state index in [0.29, 0.717) is 11.1 Å². The number of phenols is 4. The highest BCUT2D eigenvalue weighted by atomic mass is 16.3. The molecule has 0 aliphatic carbocycles. The molecule has 0 saturated heterocycles. The molecule has 0 aromatic heterocycles. The van der Waals surface area contributed by atoms with Crippen LogP contribution in [-0.4, -0.2) is 20.4 Å². The number of phenolic OH excluding ortho intramolecular Hbond substituents is 4. The van der Waals surface area contributed by atoms with E-state index in [2.05, 4.69) is 0 Å². The second kappa shape index (κ2) is 9.51. The summed E-state index contributed by atoms with van der Waals surface area (Å²) in [6, 6.07) is 32.8. The Bertz CT molecular complexity index is 1410. The zero-order valence-corrected chi connectivity index (χ0v) is 19.8. The van der Waals surface area contributed by atoms with Crippen LogP contribution in [0.15, 0.2) is 109 Å². The summed E-state index contributed by atoms with van der Waals surface area (Å²) in [6.07, 6.45) is 0. The first kappa shape index (κ1) is 23.1. The molecule has 0 unspecified atom stereocenters. The molecule has 0 spiro atoms. The second-order valence-corrected chi connectivity index (χ2v) is 8.98. The van der Waals surface area contributed by atoms with Crippen molar-refractivity contribution in [2.24, 2.45) is 0 Å². The molecule has 5 rings (SSSR count). The molecule has 0 amide bonds. The fourth-order valence-corrected chi connectivity index (χ4v) is 4.52. The van der Waals surface area contributed by atoms with Gasteiger partial charge in [0.2, 0.25) is 0 Å². The predicted molar refractivity (Wildman–Crippen MR) is 143 cm³/mol. The number of rotatable bonds is 5. The van der Waals surface area contributed by atoms with Gasteiger partial charge in [0.15, 0.2) is 0 Å². The molecule has 0 aliphatic heterocycles. The van der Waals surface area contributed by atoms with Crippen molar-refractivity contribution < 1.29 is 20.4 Å². The van der Waals surface area contributed by atoms with Gasteiger partial charge in [-0.15, -0.1) is 0 Å². The molecule has 4 N–H and O–H groups in total. The zero-order chi connectivity index (χ0) is 25.2. The largest absolute Gasteiger partial charge is 0.508 e. The van der Waals surface area contributed by atoms with Crippen LogP contribution in [-0.2, 0) is 0 Å². The average molecular weight is 475 g/mol. The standard InChI is InChI=1S/C32H26O4/c1-20-2-4-23(5-3-20)32(28-18-24(10-16-30(28)35)21-6-12-26(33)13-7-21)29-19-25(11-17-31(29)36)22-8-14-27(34)15-9-22/h2-19,32-36H,1H3. The van der Waals surface area contributed by atoms with Crippen LogP contribution in [0.4, 0.5) is 0 Å². The molecule has 0 fully saturated rings. The van der Waals surface area contributed by atoms with Gasteiger partial charge in [0.25, 0.3) is 0 Å². The van der Waals surface area contributed by atoms with Gasteiger partial charge in [-0.25, -0.2) is 0 Å².